The van der Waals surface area contributed by atoms with Crippen molar-refractivity contribution in [1.29, 1.82) is 0 Å². The Balaban J connectivity index is 2.70. The molecule has 0 amide bonds. The Labute approximate surface area is 108 Å². The number of esters is 1. The zero-order valence-electron chi connectivity index (χ0n) is 11.4. The van der Waals surface area contributed by atoms with E-state index in [1.807, 2.05) is 25.1 Å². The molecule has 18 heavy (non-hydrogen) atoms. The van der Waals surface area contributed by atoms with Crippen molar-refractivity contribution in [3.05, 3.63) is 23.8 Å². The number of carbonyl (C=O) groups excluding carboxylic acids is 1. The summed E-state index contributed by atoms with van der Waals surface area (Å²) < 4.78 is 15.1. The van der Waals surface area contributed by atoms with E-state index < -0.39 is 0 Å². The molecule has 0 N–H and O–H groups in total. The molecule has 0 saturated heterocycles. The molecular formula is C14H20O4. The standard InChI is InChI=1S/C14H20O4/c1-10(8-14(15)18-4)7-11-5-6-12(16-2)13(9-11)17-3/h5-6,9-10H,7-8H2,1-4H3. The fourth-order valence-electron chi connectivity index (χ4n) is 1.85. The summed E-state index contributed by atoms with van der Waals surface area (Å²) in [6.45, 7) is 2.02. The molecule has 0 fully saturated rings. The Bertz CT molecular complexity index is 401. The normalized spacial score (nSPS) is 11.8. The highest BCUT2D eigenvalue weighted by atomic mass is 16.5. The number of carbonyl (C=O) groups is 1. The first-order valence-corrected chi connectivity index (χ1v) is 5.88. The van der Waals surface area contributed by atoms with Crippen molar-refractivity contribution in [2.75, 3.05) is 21.3 Å². The molecule has 4 heteroatoms. The highest BCUT2D eigenvalue weighted by Crippen LogP contribution is 2.28. The molecule has 0 aromatic heterocycles. The van der Waals surface area contributed by atoms with Crippen molar-refractivity contribution < 1.29 is 19.0 Å². The first kappa shape index (κ1) is 14.4. The van der Waals surface area contributed by atoms with Crippen LogP contribution in [0.2, 0.25) is 0 Å². The third kappa shape index (κ3) is 3.95. The molecule has 0 bridgehead atoms. The van der Waals surface area contributed by atoms with Crippen molar-refractivity contribution in [1.82, 2.24) is 0 Å². The quantitative estimate of drug-likeness (QED) is 0.729. The van der Waals surface area contributed by atoms with Gasteiger partial charge in [-0.3, -0.25) is 4.79 Å². The molecular weight excluding hydrogens is 232 g/mol. The van der Waals surface area contributed by atoms with E-state index >= 15 is 0 Å². The van der Waals surface area contributed by atoms with Gasteiger partial charge in [-0.05, 0) is 30.0 Å². The van der Waals surface area contributed by atoms with Gasteiger partial charge in [0.05, 0.1) is 21.3 Å². The summed E-state index contributed by atoms with van der Waals surface area (Å²) >= 11 is 0. The van der Waals surface area contributed by atoms with Crippen molar-refractivity contribution in [2.45, 2.75) is 19.8 Å². The van der Waals surface area contributed by atoms with Crippen LogP contribution in [0.5, 0.6) is 11.5 Å². The van der Waals surface area contributed by atoms with E-state index in [0.29, 0.717) is 17.9 Å². The fraction of sp³-hybridized carbons (Fsp3) is 0.500. The number of benzene rings is 1. The number of hydrogen-bond donors (Lipinski definition) is 0. The summed E-state index contributed by atoms with van der Waals surface area (Å²) in [7, 11) is 4.63. The molecule has 0 aliphatic heterocycles. The van der Waals surface area contributed by atoms with Crippen LogP contribution in [0.4, 0.5) is 0 Å². The Kier molecular flexibility index (Phi) is 5.49. The lowest BCUT2D eigenvalue weighted by Crippen LogP contribution is -2.09. The highest BCUT2D eigenvalue weighted by Gasteiger charge is 2.11. The molecule has 0 heterocycles. The maximum Gasteiger partial charge on any atom is 0.305 e. The zero-order chi connectivity index (χ0) is 13.5. The molecule has 0 spiro atoms. The second-order valence-corrected chi connectivity index (χ2v) is 4.28. The van der Waals surface area contributed by atoms with Crippen LogP contribution in [0.1, 0.15) is 18.9 Å². The predicted octanol–water partition coefficient (Wildman–Crippen LogP) is 2.45. The Morgan fingerprint density at radius 3 is 2.39 bits per heavy atom. The first-order valence-electron chi connectivity index (χ1n) is 5.88. The second-order valence-electron chi connectivity index (χ2n) is 4.28. The molecule has 100 valence electrons. The number of ether oxygens (including phenoxy) is 3. The SMILES string of the molecule is COC(=O)CC(C)Cc1ccc(OC)c(OC)c1. The van der Waals surface area contributed by atoms with Crippen LogP contribution in [0.3, 0.4) is 0 Å². The van der Waals surface area contributed by atoms with Crippen LogP contribution in [0.15, 0.2) is 18.2 Å². The van der Waals surface area contributed by atoms with Gasteiger partial charge in [0, 0.05) is 6.42 Å². The molecule has 0 saturated carbocycles. The van der Waals surface area contributed by atoms with E-state index in [1.54, 1.807) is 14.2 Å². The van der Waals surface area contributed by atoms with Crippen molar-refractivity contribution in [3.8, 4) is 11.5 Å². The number of hydrogen-bond acceptors (Lipinski definition) is 4. The van der Waals surface area contributed by atoms with E-state index in [1.165, 1.54) is 7.11 Å². The average Bonchev–Trinajstić information content (AvgIpc) is 2.38. The summed E-state index contributed by atoms with van der Waals surface area (Å²) in [5.41, 5.74) is 1.11. The van der Waals surface area contributed by atoms with Gasteiger partial charge in [-0.1, -0.05) is 13.0 Å². The summed E-state index contributed by atoms with van der Waals surface area (Å²) in [6.07, 6.45) is 1.22. The maximum atomic E-state index is 11.2. The monoisotopic (exact) mass is 252 g/mol. The zero-order valence-corrected chi connectivity index (χ0v) is 11.4. The van der Waals surface area contributed by atoms with Crippen LogP contribution in [0.25, 0.3) is 0 Å². The molecule has 1 unspecified atom stereocenters. The van der Waals surface area contributed by atoms with Crippen LogP contribution in [0, 0.1) is 5.92 Å². The summed E-state index contributed by atoms with van der Waals surface area (Å²) in [5, 5.41) is 0. The Hall–Kier alpha value is -1.71. The summed E-state index contributed by atoms with van der Waals surface area (Å²) in [6, 6.07) is 5.79. The van der Waals surface area contributed by atoms with E-state index in [4.69, 9.17) is 9.47 Å². The van der Waals surface area contributed by atoms with Crippen molar-refractivity contribution in [3.63, 3.8) is 0 Å². The third-order valence-corrected chi connectivity index (χ3v) is 2.77. The lowest BCUT2D eigenvalue weighted by atomic mass is 9.98. The molecule has 1 atom stereocenters. The minimum atomic E-state index is -0.178. The van der Waals surface area contributed by atoms with Gasteiger partial charge in [-0.2, -0.15) is 0 Å². The number of rotatable bonds is 6. The first-order chi connectivity index (χ1) is 8.60. The van der Waals surface area contributed by atoms with Gasteiger partial charge in [0.15, 0.2) is 11.5 Å². The molecule has 0 aliphatic carbocycles. The van der Waals surface area contributed by atoms with Gasteiger partial charge in [0.2, 0.25) is 0 Å². The van der Waals surface area contributed by atoms with Gasteiger partial charge in [0.25, 0.3) is 0 Å². The fourth-order valence-corrected chi connectivity index (χ4v) is 1.85. The van der Waals surface area contributed by atoms with Gasteiger partial charge in [-0.15, -0.1) is 0 Å². The van der Waals surface area contributed by atoms with Gasteiger partial charge in [-0.25, -0.2) is 0 Å². The van der Waals surface area contributed by atoms with E-state index in [-0.39, 0.29) is 11.9 Å². The average molecular weight is 252 g/mol. The van der Waals surface area contributed by atoms with E-state index in [9.17, 15) is 4.79 Å². The summed E-state index contributed by atoms with van der Waals surface area (Å²) in [4.78, 5) is 11.2. The molecule has 1 aromatic rings. The molecule has 4 nitrogen and oxygen atoms in total. The van der Waals surface area contributed by atoms with Gasteiger partial charge < -0.3 is 14.2 Å². The van der Waals surface area contributed by atoms with Crippen LogP contribution in [-0.4, -0.2) is 27.3 Å². The lowest BCUT2D eigenvalue weighted by Gasteiger charge is -2.12. The topological polar surface area (TPSA) is 44.8 Å². The lowest BCUT2D eigenvalue weighted by molar-refractivity contribution is -0.141. The van der Waals surface area contributed by atoms with Crippen LogP contribution in [-0.2, 0) is 16.0 Å². The number of methoxy groups -OCH3 is 3. The third-order valence-electron chi connectivity index (χ3n) is 2.77. The summed E-state index contributed by atoms with van der Waals surface area (Å²) in [5.74, 6) is 1.47. The minimum Gasteiger partial charge on any atom is -0.493 e. The maximum absolute atomic E-state index is 11.2. The Morgan fingerprint density at radius 2 is 1.83 bits per heavy atom. The second kappa shape index (κ2) is 6.89. The van der Waals surface area contributed by atoms with Crippen molar-refractivity contribution >= 4 is 5.97 Å². The van der Waals surface area contributed by atoms with Crippen LogP contribution >= 0.6 is 0 Å². The highest BCUT2D eigenvalue weighted by molar-refractivity contribution is 5.69. The largest absolute Gasteiger partial charge is 0.493 e. The molecule has 0 aliphatic rings. The van der Waals surface area contributed by atoms with E-state index in [2.05, 4.69) is 4.74 Å². The smallest absolute Gasteiger partial charge is 0.305 e. The van der Waals surface area contributed by atoms with Gasteiger partial charge >= 0.3 is 5.97 Å². The molecule has 1 aromatic carbocycles. The molecule has 0 radical (unpaired) electrons. The van der Waals surface area contributed by atoms with Gasteiger partial charge in [0.1, 0.15) is 0 Å². The van der Waals surface area contributed by atoms with E-state index in [0.717, 1.165) is 12.0 Å². The molecule has 1 rings (SSSR count). The van der Waals surface area contributed by atoms with Crippen molar-refractivity contribution in [2.24, 2.45) is 5.92 Å². The minimum absolute atomic E-state index is 0.178. The van der Waals surface area contributed by atoms with Crippen LogP contribution < -0.4 is 9.47 Å². The Morgan fingerprint density at radius 1 is 1.17 bits per heavy atom. The predicted molar refractivity (Wildman–Crippen MR) is 69.0 cm³/mol.